The van der Waals surface area contributed by atoms with Crippen LogP contribution in [-0.4, -0.2) is 42.0 Å². The van der Waals surface area contributed by atoms with Crippen LogP contribution in [0.5, 0.6) is 0 Å². The van der Waals surface area contributed by atoms with E-state index in [2.05, 4.69) is 26.6 Å². The van der Waals surface area contributed by atoms with Crippen molar-refractivity contribution in [3.8, 4) is 0 Å². The first-order chi connectivity index (χ1) is 9.74. The second-order valence-electron chi connectivity index (χ2n) is 5.80. The molecule has 3 rings (SSSR count). The largest absolute Gasteiger partial charge is 0.373 e. The molecule has 5 heteroatoms. The van der Waals surface area contributed by atoms with Crippen LogP contribution < -0.4 is 10.6 Å². The first-order valence-electron chi connectivity index (χ1n) is 7.39. The number of pyridine rings is 1. The molecule has 0 aliphatic carbocycles. The minimum Gasteiger partial charge on any atom is -0.373 e. The fourth-order valence-corrected chi connectivity index (χ4v) is 3.25. The molecule has 1 aromatic rings. The average Bonchev–Trinajstić information content (AvgIpc) is 2.48. The van der Waals surface area contributed by atoms with Crippen LogP contribution in [-0.2, 0) is 11.3 Å². The second-order valence-corrected chi connectivity index (χ2v) is 5.80. The highest BCUT2D eigenvalue weighted by atomic mass is 16.1. The lowest BCUT2D eigenvalue weighted by atomic mass is 9.85. The van der Waals surface area contributed by atoms with Crippen molar-refractivity contribution in [2.75, 3.05) is 25.5 Å². The summed E-state index contributed by atoms with van der Waals surface area (Å²) >= 11 is 0. The lowest BCUT2D eigenvalue weighted by Gasteiger charge is -2.41. The molecule has 5 nitrogen and oxygen atoms in total. The molecule has 0 saturated carbocycles. The smallest absolute Gasteiger partial charge is 0.220 e. The maximum absolute atomic E-state index is 11.4. The first-order valence-corrected chi connectivity index (χ1v) is 7.39. The quantitative estimate of drug-likeness (QED) is 0.870. The number of amides is 1. The van der Waals surface area contributed by atoms with E-state index in [1.807, 2.05) is 19.3 Å². The Hall–Kier alpha value is -1.62. The Labute approximate surface area is 119 Å². The van der Waals surface area contributed by atoms with Gasteiger partial charge < -0.3 is 10.6 Å². The van der Waals surface area contributed by atoms with Gasteiger partial charge in [0.15, 0.2) is 0 Å². The van der Waals surface area contributed by atoms with Crippen molar-refractivity contribution in [3.05, 3.63) is 23.9 Å². The number of piperidine rings is 2. The molecule has 2 saturated heterocycles. The van der Waals surface area contributed by atoms with E-state index in [1.165, 1.54) is 5.56 Å². The van der Waals surface area contributed by atoms with E-state index < -0.39 is 0 Å². The summed E-state index contributed by atoms with van der Waals surface area (Å²) in [6, 6.07) is 4.55. The maximum atomic E-state index is 11.4. The number of carbonyl (C=O) groups is 1. The summed E-state index contributed by atoms with van der Waals surface area (Å²) in [7, 11) is 1.88. The van der Waals surface area contributed by atoms with Gasteiger partial charge in [-0.15, -0.1) is 0 Å². The zero-order valence-corrected chi connectivity index (χ0v) is 11.9. The molecular weight excluding hydrogens is 252 g/mol. The van der Waals surface area contributed by atoms with E-state index in [1.54, 1.807) is 0 Å². The van der Waals surface area contributed by atoms with Crippen molar-refractivity contribution in [1.82, 2.24) is 15.2 Å². The predicted molar refractivity (Wildman–Crippen MR) is 78.3 cm³/mol. The number of anilines is 1. The summed E-state index contributed by atoms with van der Waals surface area (Å²) < 4.78 is 0. The van der Waals surface area contributed by atoms with Crippen LogP contribution >= 0.6 is 0 Å². The Morgan fingerprint density at radius 1 is 1.45 bits per heavy atom. The van der Waals surface area contributed by atoms with Gasteiger partial charge in [0.05, 0.1) is 0 Å². The molecular formula is C15H22N4O. The molecule has 1 amide bonds. The summed E-state index contributed by atoms with van der Waals surface area (Å²) in [5, 5.41) is 6.17. The van der Waals surface area contributed by atoms with Gasteiger partial charge in [-0.2, -0.15) is 0 Å². The minimum atomic E-state index is 0.228. The number of rotatable bonds is 3. The van der Waals surface area contributed by atoms with Crippen LogP contribution in [0.2, 0.25) is 0 Å². The van der Waals surface area contributed by atoms with Crippen LogP contribution in [0, 0.1) is 5.92 Å². The van der Waals surface area contributed by atoms with Gasteiger partial charge in [0.25, 0.3) is 0 Å². The number of carbonyl (C=O) groups excluding carboxylic acids is 1. The van der Waals surface area contributed by atoms with Crippen molar-refractivity contribution < 1.29 is 4.79 Å². The average molecular weight is 274 g/mol. The van der Waals surface area contributed by atoms with Gasteiger partial charge in [0, 0.05) is 45.3 Å². The highest BCUT2D eigenvalue weighted by Gasteiger charge is 2.33. The van der Waals surface area contributed by atoms with Crippen LogP contribution in [0.1, 0.15) is 24.8 Å². The fraction of sp³-hybridized carbons (Fsp3) is 0.600. The van der Waals surface area contributed by atoms with Crippen LogP contribution in [0.3, 0.4) is 0 Å². The van der Waals surface area contributed by atoms with E-state index in [0.717, 1.165) is 38.3 Å². The number of aromatic nitrogens is 1. The normalized spacial score (nSPS) is 26.8. The maximum Gasteiger partial charge on any atom is 0.220 e. The van der Waals surface area contributed by atoms with E-state index >= 15 is 0 Å². The highest BCUT2D eigenvalue weighted by Crippen LogP contribution is 2.26. The van der Waals surface area contributed by atoms with Gasteiger partial charge in [0.1, 0.15) is 5.82 Å². The third-order valence-corrected chi connectivity index (χ3v) is 4.39. The monoisotopic (exact) mass is 274 g/mol. The highest BCUT2D eigenvalue weighted by molar-refractivity contribution is 5.77. The molecule has 2 atom stereocenters. The number of nitrogens with zero attached hydrogens (tertiary/aromatic N) is 2. The number of likely N-dealkylation sites (tertiary alicyclic amines) is 1. The van der Waals surface area contributed by atoms with Crippen molar-refractivity contribution in [3.63, 3.8) is 0 Å². The Kier molecular flexibility index (Phi) is 3.87. The SMILES string of the molecule is CNc1ccc(CN2CCC3NC(=O)CCC3C2)cn1. The molecule has 0 bridgehead atoms. The Morgan fingerprint density at radius 2 is 2.35 bits per heavy atom. The third kappa shape index (κ3) is 2.93. The molecule has 0 radical (unpaired) electrons. The van der Waals surface area contributed by atoms with E-state index in [-0.39, 0.29) is 5.91 Å². The lowest BCUT2D eigenvalue weighted by Crippen LogP contribution is -2.53. The summed E-state index contributed by atoms with van der Waals surface area (Å²) in [5.41, 5.74) is 1.25. The van der Waals surface area contributed by atoms with Crippen molar-refractivity contribution in [2.24, 2.45) is 5.92 Å². The molecule has 2 unspecified atom stereocenters. The van der Waals surface area contributed by atoms with Gasteiger partial charge in [-0.25, -0.2) is 4.98 Å². The van der Waals surface area contributed by atoms with E-state index in [9.17, 15) is 4.79 Å². The molecule has 2 fully saturated rings. The minimum absolute atomic E-state index is 0.228. The standard InChI is InChI=1S/C15H22N4O/c1-16-14-4-2-11(8-17-14)9-19-7-6-13-12(10-19)3-5-15(20)18-13/h2,4,8,12-13H,3,5-7,9-10H2,1H3,(H,16,17)(H,18,20). The number of nitrogens with one attached hydrogen (secondary N) is 2. The Balaban J connectivity index is 1.57. The van der Waals surface area contributed by atoms with E-state index in [4.69, 9.17) is 0 Å². The zero-order chi connectivity index (χ0) is 13.9. The molecule has 2 aliphatic rings. The summed E-state index contributed by atoms with van der Waals surface area (Å²) in [6.07, 6.45) is 4.73. The molecule has 1 aromatic heterocycles. The predicted octanol–water partition coefficient (Wildman–Crippen LogP) is 1.22. The van der Waals surface area contributed by atoms with Crippen LogP contribution in [0.25, 0.3) is 0 Å². The number of hydrogen-bond donors (Lipinski definition) is 2. The van der Waals surface area contributed by atoms with Gasteiger partial charge in [-0.1, -0.05) is 6.07 Å². The van der Waals surface area contributed by atoms with Gasteiger partial charge in [-0.05, 0) is 30.4 Å². The summed E-state index contributed by atoms with van der Waals surface area (Å²) in [5.74, 6) is 1.75. The van der Waals surface area contributed by atoms with Gasteiger partial charge in [-0.3, -0.25) is 9.69 Å². The molecule has 108 valence electrons. The van der Waals surface area contributed by atoms with Crippen LogP contribution in [0.15, 0.2) is 18.3 Å². The van der Waals surface area contributed by atoms with Crippen molar-refractivity contribution in [1.29, 1.82) is 0 Å². The number of fused-ring (bicyclic) bond motifs is 1. The molecule has 2 aliphatic heterocycles. The van der Waals surface area contributed by atoms with Gasteiger partial charge in [0.2, 0.25) is 5.91 Å². The zero-order valence-electron chi connectivity index (χ0n) is 11.9. The summed E-state index contributed by atoms with van der Waals surface area (Å²) in [4.78, 5) is 18.3. The molecule has 20 heavy (non-hydrogen) atoms. The third-order valence-electron chi connectivity index (χ3n) is 4.39. The summed E-state index contributed by atoms with van der Waals surface area (Å²) in [6.45, 7) is 3.09. The Morgan fingerprint density at radius 3 is 3.10 bits per heavy atom. The number of hydrogen-bond acceptors (Lipinski definition) is 4. The van der Waals surface area contributed by atoms with Gasteiger partial charge >= 0.3 is 0 Å². The van der Waals surface area contributed by atoms with Crippen molar-refractivity contribution >= 4 is 11.7 Å². The molecule has 0 spiro atoms. The Bertz CT molecular complexity index is 473. The fourth-order valence-electron chi connectivity index (χ4n) is 3.25. The molecule has 0 aromatic carbocycles. The van der Waals surface area contributed by atoms with E-state index in [0.29, 0.717) is 18.4 Å². The lowest BCUT2D eigenvalue weighted by molar-refractivity contribution is -0.125. The molecule has 2 N–H and O–H groups in total. The second kappa shape index (κ2) is 5.79. The van der Waals surface area contributed by atoms with Crippen LogP contribution in [0.4, 0.5) is 5.82 Å². The topological polar surface area (TPSA) is 57.3 Å². The molecule has 3 heterocycles. The van der Waals surface area contributed by atoms with Crippen molar-refractivity contribution in [2.45, 2.75) is 31.8 Å². The first kappa shape index (κ1) is 13.4.